The van der Waals surface area contributed by atoms with E-state index in [4.69, 9.17) is 0 Å². The van der Waals surface area contributed by atoms with Crippen molar-refractivity contribution in [2.75, 3.05) is 12.4 Å². The zero-order valence-corrected chi connectivity index (χ0v) is 15.6. The third kappa shape index (κ3) is 4.00. The number of aromatic nitrogens is 2. The summed E-state index contributed by atoms with van der Waals surface area (Å²) in [6.07, 6.45) is 0. The average molecular weight is 404 g/mol. The molecule has 130 valence electrons. The minimum atomic E-state index is -0.260. The molecule has 0 saturated heterocycles. The molecule has 0 fully saturated rings. The molecular weight excluding hydrogens is 384 g/mol. The fourth-order valence-corrected chi connectivity index (χ4v) is 3.10. The van der Waals surface area contributed by atoms with Crippen molar-refractivity contribution < 1.29 is 9.69 Å². The van der Waals surface area contributed by atoms with Crippen molar-refractivity contribution in [3.05, 3.63) is 63.0 Å². The van der Waals surface area contributed by atoms with Gasteiger partial charge >= 0.3 is 5.69 Å². The summed E-state index contributed by atoms with van der Waals surface area (Å²) in [7, 11) is 2.00. The number of benzene rings is 2. The number of likely N-dealkylation sites (N-methyl/N-ethyl adjacent to an activating group) is 1. The molecular formula is C18H20BrN4O2+. The van der Waals surface area contributed by atoms with Crippen molar-refractivity contribution >= 4 is 38.6 Å². The molecule has 1 aromatic heterocycles. The zero-order valence-electron chi connectivity index (χ0n) is 14.0. The highest BCUT2D eigenvalue weighted by Gasteiger charge is 2.22. The summed E-state index contributed by atoms with van der Waals surface area (Å²) in [6, 6.07) is 13.1. The van der Waals surface area contributed by atoms with Crippen LogP contribution in [0.2, 0.25) is 0 Å². The van der Waals surface area contributed by atoms with Gasteiger partial charge in [-0.1, -0.05) is 34.1 Å². The van der Waals surface area contributed by atoms with Crippen molar-refractivity contribution in [1.29, 1.82) is 0 Å². The molecule has 2 atom stereocenters. The van der Waals surface area contributed by atoms with Gasteiger partial charge in [0.15, 0.2) is 6.04 Å². The van der Waals surface area contributed by atoms with Gasteiger partial charge in [0, 0.05) is 15.7 Å². The maximum Gasteiger partial charge on any atom is 0.323 e. The fraction of sp³-hybridized carbons (Fsp3) is 0.222. The Morgan fingerprint density at radius 2 is 1.92 bits per heavy atom. The molecule has 2 aromatic carbocycles. The smallest absolute Gasteiger partial charge is 0.323 e. The summed E-state index contributed by atoms with van der Waals surface area (Å²) < 4.78 is 1.05. The molecule has 1 heterocycles. The fourth-order valence-electron chi connectivity index (χ4n) is 2.68. The molecule has 7 heteroatoms. The average Bonchev–Trinajstić information content (AvgIpc) is 2.95. The van der Waals surface area contributed by atoms with Crippen LogP contribution in [0, 0.1) is 0 Å². The molecule has 0 aliphatic rings. The molecule has 3 rings (SSSR count). The number of hydrogen-bond acceptors (Lipinski definition) is 2. The number of fused-ring (bicyclic) bond motifs is 1. The summed E-state index contributed by atoms with van der Waals surface area (Å²) in [4.78, 5) is 30.3. The van der Waals surface area contributed by atoms with Crippen molar-refractivity contribution in [3.63, 3.8) is 0 Å². The van der Waals surface area contributed by atoms with E-state index in [1.807, 2.05) is 38.2 Å². The molecule has 3 aromatic rings. The number of amides is 1. The number of rotatable bonds is 5. The second-order valence-corrected chi connectivity index (χ2v) is 7.02. The van der Waals surface area contributed by atoms with Gasteiger partial charge in [-0.05, 0) is 31.2 Å². The number of hydrogen-bond donors (Lipinski definition) is 4. The summed E-state index contributed by atoms with van der Waals surface area (Å²) in [5.74, 6) is -0.0678. The van der Waals surface area contributed by atoms with Crippen LogP contribution in [0.25, 0.3) is 11.0 Å². The number of aromatic amines is 2. The van der Waals surface area contributed by atoms with E-state index in [1.54, 1.807) is 18.2 Å². The first-order valence-electron chi connectivity index (χ1n) is 8.02. The van der Waals surface area contributed by atoms with Gasteiger partial charge in [-0.15, -0.1) is 0 Å². The Balaban J connectivity index is 1.68. The Morgan fingerprint density at radius 3 is 2.68 bits per heavy atom. The van der Waals surface area contributed by atoms with Gasteiger partial charge < -0.3 is 20.2 Å². The zero-order chi connectivity index (χ0) is 18.0. The van der Waals surface area contributed by atoms with E-state index >= 15 is 0 Å². The van der Waals surface area contributed by atoms with Crippen LogP contribution < -0.4 is 15.9 Å². The number of carbonyl (C=O) groups is 1. The maximum absolute atomic E-state index is 12.5. The van der Waals surface area contributed by atoms with Crippen LogP contribution in [0.5, 0.6) is 0 Å². The predicted molar refractivity (Wildman–Crippen MR) is 102 cm³/mol. The Bertz CT molecular complexity index is 963. The number of halogens is 1. The quantitative estimate of drug-likeness (QED) is 0.522. The first-order valence-corrected chi connectivity index (χ1v) is 8.82. The van der Waals surface area contributed by atoms with E-state index in [0.29, 0.717) is 16.7 Å². The molecule has 25 heavy (non-hydrogen) atoms. The molecule has 6 nitrogen and oxygen atoms in total. The lowest BCUT2D eigenvalue weighted by atomic mass is 10.2. The lowest BCUT2D eigenvalue weighted by Gasteiger charge is -2.21. The molecule has 2 unspecified atom stereocenters. The minimum absolute atomic E-state index is 0.0678. The third-order valence-electron chi connectivity index (χ3n) is 4.34. The topological polar surface area (TPSA) is 82.2 Å². The van der Waals surface area contributed by atoms with Crippen LogP contribution in [-0.2, 0) is 11.3 Å². The van der Waals surface area contributed by atoms with Gasteiger partial charge in [0.1, 0.15) is 6.54 Å². The number of imidazole rings is 1. The summed E-state index contributed by atoms with van der Waals surface area (Å²) in [6.45, 7) is 2.64. The van der Waals surface area contributed by atoms with E-state index < -0.39 is 0 Å². The lowest BCUT2D eigenvalue weighted by molar-refractivity contribution is -0.907. The van der Waals surface area contributed by atoms with Crippen LogP contribution in [-0.4, -0.2) is 29.0 Å². The molecule has 0 saturated carbocycles. The van der Waals surface area contributed by atoms with Gasteiger partial charge in [-0.2, -0.15) is 0 Å². The van der Waals surface area contributed by atoms with Crippen LogP contribution in [0.1, 0.15) is 12.5 Å². The molecule has 0 bridgehead atoms. The highest BCUT2D eigenvalue weighted by molar-refractivity contribution is 9.10. The van der Waals surface area contributed by atoms with E-state index in [-0.39, 0.29) is 17.6 Å². The highest BCUT2D eigenvalue weighted by atomic mass is 79.9. The number of anilines is 1. The highest BCUT2D eigenvalue weighted by Crippen LogP contribution is 2.15. The number of quaternary nitrogens is 1. The first kappa shape index (κ1) is 17.4. The second kappa shape index (κ2) is 7.25. The Morgan fingerprint density at radius 1 is 1.20 bits per heavy atom. The van der Waals surface area contributed by atoms with Crippen molar-refractivity contribution in [2.24, 2.45) is 0 Å². The van der Waals surface area contributed by atoms with Crippen LogP contribution >= 0.6 is 15.9 Å². The van der Waals surface area contributed by atoms with Gasteiger partial charge in [-0.3, -0.25) is 4.79 Å². The maximum atomic E-state index is 12.5. The molecule has 0 spiro atoms. The van der Waals surface area contributed by atoms with E-state index in [0.717, 1.165) is 21.5 Å². The van der Waals surface area contributed by atoms with Gasteiger partial charge in [0.2, 0.25) is 0 Å². The molecule has 0 aliphatic carbocycles. The van der Waals surface area contributed by atoms with Crippen LogP contribution in [0.15, 0.2) is 51.7 Å². The normalized spacial score (nSPS) is 13.6. The van der Waals surface area contributed by atoms with Crippen molar-refractivity contribution in [3.8, 4) is 0 Å². The molecule has 4 N–H and O–H groups in total. The lowest BCUT2D eigenvalue weighted by Crippen LogP contribution is -3.12. The monoisotopic (exact) mass is 403 g/mol. The largest absolute Gasteiger partial charge is 0.324 e. The predicted octanol–water partition coefficient (Wildman–Crippen LogP) is 1.66. The molecule has 0 aliphatic heterocycles. The van der Waals surface area contributed by atoms with Crippen molar-refractivity contribution in [2.45, 2.75) is 19.5 Å². The Kier molecular flexibility index (Phi) is 5.06. The molecule has 0 radical (unpaired) electrons. The number of H-pyrrole nitrogens is 2. The third-order valence-corrected chi connectivity index (χ3v) is 5.12. The van der Waals surface area contributed by atoms with Crippen LogP contribution in [0.3, 0.4) is 0 Å². The van der Waals surface area contributed by atoms with E-state index in [9.17, 15) is 9.59 Å². The standard InChI is InChI=1S/C18H19BrN4O2/c1-11(23(2)10-12-5-3-4-6-14(12)19)17(24)20-13-7-8-15-16(9-13)22-18(25)21-15/h3-9,11H,10H2,1-2H3,(H,20,24)(H2,21,22,25)/p+1. The van der Waals surface area contributed by atoms with Gasteiger partial charge in [-0.25, -0.2) is 4.79 Å². The SMILES string of the molecule is CC(C(=O)Nc1ccc2[nH]c(=O)[nH]c2c1)[NH+](C)Cc1ccccc1Br. The Hall–Kier alpha value is -2.38. The summed E-state index contributed by atoms with van der Waals surface area (Å²) in [5, 5.41) is 2.92. The van der Waals surface area contributed by atoms with Gasteiger partial charge in [0.05, 0.1) is 18.1 Å². The Labute approximate surface area is 153 Å². The van der Waals surface area contributed by atoms with E-state index in [1.165, 1.54) is 0 Å². The number of carbonyl (C=O) groups excluding carboxylic acids is 1. The van der Waals surface area contributed by atoms with Crippen molar-refractivity contribution in [1.82, 2.24) is 9.97 Å². The number of nitrogens with one attached hydrogen (secondary N) is 4. The van der Waals surface area contributed by atoms with Crippen LogP contribution in [0.4, 0.5) is 5.69 Å². The summed E-state index contributed by atoms with van der Waals surface area (Å²) in [5.41, 5.74) is 2.95. The first-order chi connectivity index (χ1) is 11.9. The minimum Gasteiger partial charge on any atom is -0.324 e. The van der Waals surface area contributed by atoms with E-state index in [2.05, 4.69) is 31.2 Å². The second-order valence-electron chi connectivity index (χ2n) is 6.16. The summed E-state index contributed by atoms with van der Waals surface area (Å²) >= 11 is 3.54. The molecule has 1 amide bonds. The van der Waals surface area contributed by atoms with Gasteiger partial charge in [0.25, 0.3) is 5.91 Å².